The number of carbonyl (C=O) groups excluding carboxylic acids is 1. The van der Waals surface area contributed by atoms with Crippen LogP contribution < -0.4 is 5.73 Å². The summed E-state index contributed by atoms with van der Waals surface area (Å²) < 4.78 is 38.5. The minimum Gasteiger partial charge on any atom is -0.392 e. The van der Waals surface area contributed by atoms with E-state index in [9.17, 15) is 18.0 Å². The van der Waals surface area contributed by atoms with Gasteiger partial charge in [0.15, 0.2) is 0 Å². The fourth-order valence-electron chi connectivity index (χ4n) is 2.35. The number of alkyl halides is 3. The highest BCUT2D eigenvalue weighted by Crippen LogP contribution is 2.35. The summed E-state index contributed by atoms with van der Waals surface area (Å²) in [5.74, 6) is -0.483. The van der Waals surface area contributed by atoms with Crippen molar-refractivity contribution < 1.29 is 18.0 Å². The summed E-state index contributed by atoms with van der Waals surface area (Å²) in [5, 5.41) is 0. The number of likely N-dealkylation sites (tertiary alicyclic amines) is 1. The van der Waals surface area contributed by atoms with Crippen LogP contribution >= 0.6 is 28.1 Å². The normalized spacial score (nSPS) is 18.9. The Kier molecular flexibility index (Phi) is 4.57. The average Bonchev–Trinajstić information content (AvgIpc) is 2.86. The second-order valence-electron chi connectivity index (χ2n) is 4.75. The molecule has 3 nitrogen and oxygen atoms in total. The van der Waals surface area contributed by atoms with Gasteiger partial charge in [0, 0.05) is 16.6 Å². The van der Waals surface area contributed by atoms with Gasteiger partial charge in [0.05, 0.1) is 16.6 Å². The van der Waals surface area contributed by atoms with E-state index in [4.69, 9.17) is 18.0 Å². The molecular formula is C13H12BrF3N2OS. The van der Waals surface area contributed by atoms with Crippen LogP contribution in [0.25, 0.3) is 0 Å². The van der Waals surface area contributed by atoms with Gasteiger partial charge >= 0.3 is 6.18 Å². The molecule has 2 rings (SSSR count). The summed E-state index contributed by atoms with van der Waals surface area (Å²) in [6, 6.07) is 3.05. The molecule has 2 N–H and O–H groups in total. The number of thiocarbonyl (C=S) groups is 1. The van der Waals surface area contributed by atoms with Crippen LogP contribution in [0, 0.1) is 0 Å². The van der Waals surface area contributed by atoms with Gasteiger partial charge in [-0.05, 0) is 31.0 Å². The highest BCUT2D eigenvalue weighted by atomic mass is 79.9. The van der Waals surface area contributed by atoms with Crippen molar-refractivity contribution in [3.05, 3.63) is 33.8 Å². The molecule has 1 aromatic carbocycles. The number of hydrogen-bond donors (Lipinski definition) is 1. The lowest BCUT2D eigenvalue weighted by molar-refractivity contribution is -0.138. The van der Waals surface area contributed by atoms with Gasteiger partial charge in [-0.25, -0.2) is 0 Å². The van der Waals surface area contributed by atoms with Crippen LogP contribution in [0.3, 0.4) is 0 Å². The molecule has 1 aromatic rings. The second kappa shape index (κ2) is 5.92. The Morgan fingerprint density at radius 2 is 2.10 bits per heavy atom. The average molecular weight is 381 g/mol. The van der Waals surface area contributed by atoms with E-state index in [1.165, 1.54) is 17.0 Å². The maximum Gasteiger partial charge on any atom is 0.417 e. The molecule has 8 heteroatoms. The number of amides is 1. The van der Waals surface area contributed by atoms with Gasteiger partial charge in [0.2, 0.25) is 0 Å². The Hall–Kier alpha value is -1.15. The smallest absolute Gasteiger partial charge is 0.392 e. The Morgan fingerprint density at radius 3 is 2.67 bits per heavy atom. The van der Waals surface area contributed by atoms with Crippen LogP contribution in [-0.4, -0.2) is 28.4 Å². The first-order chi connectivity index (χ1) is 9.71. The van der Waals surface area contributed by atoms with E-state index in [-0.39, 0.29) is 21.1 Å². The van der Waals surface area contributed by atoms with E-state index in [0.29, 0.717) is 13.0 Å². The van der Waals surface area contributed by atoms with Gasteiger partial charge in [-0.3, -0.25) is 4.79 Å². The van der Waals surface area contributed by atoms with Crippen LogP contribution in [0.5, 0.6) is 0 Å². The predicted molar refractivity (Wildman–Crippen MR) is 80.0 cm³/mol. The van der Waals surface area contributed by atoms with Gasteiger partial charge in [-0.2, -0.15) is 13.2 Å². The van der Waals surface area contributed by atoms with Crippen LogP contribution in [0.15, 0.2) is 22.7 Å². The summed E-state index contributed by atoms with van der Waals surface area (Å²) in [7, 11) is 0. The molecule has 1 unspecified atom stereocenters. The van der Waals surface area contributed by atoms with E-state index in [0.717, 1.165) is 12.5 Å². The summed E-state index contributed by atoms with van der Waals surface area (Å²) >= 11 is 7.75. The van der Waals surface area contributed by atoms with Crippen LogP contribution in [-0.2, 0) is 6.18 Å². The molecule has 0 bridgehead atoms. The minimum atomic E-state index is -4.53. The predicted octanol–water partition coefficient (Wildman–Crippen LogP) is 3.36. The summed E-state index contributed by atoms with van der Waals surface area (Å²) in [6.07, 6.45) is -3.15. The number of rotatable bonds is 2. The fraction of sp³-hybridized carbons (Fsp3) is 0.385. The van der Waals surface area contributed by atoms with Crippen molar-refractivity contribution in [1.29, 1.82) is 0 Å². The molecule has 0 aliphatic carbocycles. The topological polar surface area (TPSA) is 46.3 Å². The molecule has 114 valence electrons. The molecular weight excluding hydrogens is 369 g/mol. The van der Waals surface area contributed by atoms with Crippen molar-refractivity contribution in [2.45, 2.75) is 25.1 Å². The zero-order chi connectivity index (χ0) is 15.8. The maximum atomic E-state index is 12.9. The first kappa shape index (κ1) is 16.2. The van der Waals surface area contributed by atoms with Crippen molar-refractivity contribution in [2.24, 2.45) is 5.73 Å². The van der Waals surface area contributed by atoms with Crippen molar-refractivity contribution in [2.75, 3.05) is 6.54 Å². The molecule has 1 aliphatic heterocycles. The lowest BCUT2D eigenvalue weighted by Crippen LogP contribution is -2.42. The van der Waals surface area contributed by atoms with E-state index >= 15 is 0 Å². The molecule has 1 amide bonds. The van der Waals surface area contributed by atoms with Crippen molar-refractivity contribution >= 4 is 39.0 Å². The Bertz CT molecular complexity index is 591. The van der Waals surface area contributed by atoms with E-state index in [1.54, 1.807) is 0 Å². The first-order valence-electron chi connectivity index (χ1n) is 6.19. The lowest BCUT2D eigenvalue weighted by atomic mass is 10.1. The quantitative estimate of drug-likeness (QED) is 0.800. The third kappa shape index (κ3) is 3.37. The number of carbonyl (C=O) groups is 1. The van der Waals surface area contributed by atoms with Gasteiger partial charge in [0.1, 0.15) is 0 Å². The van der Waals surface area contributed by atoms with Crippen molar-refractivity contribution in [1.82, 2.24) is 4.90 Å². The number of nitrogens with two attached hydrogens (primary N) is 1. The monoisotopic (exact) mass is 380 g/mol. The standard InChI is InChI=1S/C13H12BrF3N2OS/c14-9-4-3-7(6-8(9)13(15,16)17)12(20)19-5-1-2-10(19)11(18)21/h3-4,6,10H,1-2,5H2,(H2,18,21). The number of nitrogens with zero attached hydrogens (tertiary/aromatic N) is 1. The molecule has 1 atom stereocenters. The molecule has 1 fully saturated rings. The molecule has 1 saturated heterocycles. The molecule has 21 heavy (non-hydrogen) atoms. The highest BCUT2D eigenvalue weighted by molar-refractivity contribution is 9.10. The lowest BCUT2D eigenvalue weighted by Gasteiger charge is -2.24. The van der Waals surface area contributed by atoms with Gasteiger partial charge < -0.3 is 10.6 Å². The molecule has 1 aliphatic rings. The zero-order valence-electron chi connectivity index (χ0n) is 10.8. The van der Waals surface area contributed by atoms with Crippen molar-refractivity contribution in [3.8, 4) is 0 Å². The van der Waals surface area contributed by atoms with Crippen LogP contribution in [0.4, 0.5) is 13.2 Å². The zero-order valence-corrected chi connectivity index (χ0v) is 13.2. The van der Waals surface area contributed by atoms with E-state index in [1.807, 2.05) is 0 Å². The number of hydrogen-bond acceptors (Lipinski definition) is 2. The third-order valence-electron chi connectivity index (χ3n) is 3.36. The van der Waals surface area contributed by atoms with Gasteiger partial charge in [-0.15, -0.1) is 0 Å². The van der Waals surface area contributed by atoms with Gasteiger partial charge in [-0.1, -0.05) is 28.1 Å². The summed E-state index contributed by atoms with van der Waals surface area (Å²) in [6.45, 7) is 0.443. The van der Waals surface area contributed by atoms with E-state index < -0.39 is 17.6 Å². The highest BCUT2D eigenvalue weighted by Gasteiger charge is 2.35. The minimum absolute atomic E-state index is 0.0197. The Labute approximate surface area is 133 Å². The number of benzene rings is 1. The fourth-order valence-corrected chi connectivity index (χ4v) is 3.06. The van der Waals surface area contributed by atoms with Crippen LogP contribution in [0.2, 0.25) is 0 Å². The van der Waals surface area contributed by atoms with E-state index in [2.05, 4.69) is 15.9 Å². The third-order valence-corrected chi connectivity index (χ3v) is 4.32. The first-order valence-corrected chi connectivity index (χ1v) is 7.39. The molecule has 0 aromatic heterocycles. The largest absolute Gasteiger partial charge is 0.417 e. The molecule has 0 radical (unpaired) electrons. The Morgan fingerprint density at radius 1 is 1.43 bits per heavy atom. The second-order valence-corrected chi connectivity index (χ2v) is 6.08. The van der Waals surface area contributed by atoms with Crippen molar-refractivity contribution in [3.63, 3.8) is 0 Å². The summed E-state index contributed by atoms with van der Waals surface area (Å²) in [5.41, 5.74) is 4.68. The SMILES string of the molecule is NC(=S)C1CCCN1C(=O)c1ccc(Br)c(C(F)(F)F)c1. The molecule has 0 saturated carbocycles. The van der Waals surface area contributed by atoms with Crippen LogP contribution in [0.1, 0.15) is 28.8 Å². The van der Waals surface area contributed by atoms with Gasteiger partial charge in [0.25, 0.3) is 5.91 Å². The Balaban J connectivity index is 2.34. The number of halogens is 4. The molecule has 0 spiro atoms. The summed E-state index contributed by atoms with van der Waals surface area (Å²) in [4.78, 5) is 14.0. The maximum absolute atomic E-state index is 12.9. The molecule has 1 heterocycles.